The van der Waals surface area contributed by atoms with Gasteiger partial charge >= 0.3 is 0 Å². The second-order valence-corrected chi connectivity index (χ2v) is 10.8. The van der Waals surface area contributed by atoms with Gasteiger partial charge < -0.3 is 29.6 Å². The Bertz CT molecular complexity index is 1720. The van der Waals surface area contributed by atoms with Crippen molar-refractivity contribution < 1.29 is 24.1 Å². The van der Waals surface area contributed by atoms with E-state index >= 15 is 0 Å². The minimum Gasteiger partial charge on any atom is -0.493 e. The summed E-state index contributed by atoms with van der Waals surface area (Å²) in [6, 6.07) is 17.3. The maximum atomic E-state index is 13.9. The van der Waals surface area contributed by atoms with Crippen LogP contribution in [0.25, 0.3) is 32.5 Å². The first-order valence-electron chi connectivity index (χ1n) is 13.1. The van der Waals surface area contributed by atoms with Gasteiger partial charge in [0.1, 0.15) is 12.4 Å². The molecule has 1 amide bonds. The first kappa shape index (κ1) is 26.0. The summed E-state index contributed by atoms with van der Waals surface area (Å²) in [4.78, 5) is 18.2. The zero-order valence-electron chi connectivity index (χ0n) is 22.5. The van der Waals surface area contributed by atoms with E-state index in [4.69, 9.17) is 14.2 Å². The van der Waals surface area contributed by atoms with Crippen molar-refractivity contribution in [3.8, 4) is 38.8 Å². The van der Waals surface area contributed by atoms with Gasteiger partial charge in [0.05, 0.1) is 26.9 Å². The van der Waals surface area contributed by atoms with Gasteiger partial charge in [-0.05, 0) is 71.8 Å². The fraction of sp³-hybridized carbons (Fsp3) is 0.219. The minimum absolute atomic E-state index is 0.188. The van der Waals surface area contributed by atoms with Crippen LogP contribution in [0.5, 0.6) is 17.2 Å². The zero-order valence-corrected chi connectivity index (χ0v) is 23.4. The molecule has 7 nitrogen and oxygen atoms in total. The predicted octanol–water partition coefficient (Wildman–Crippen LogP) is 6.11. The van der Waals surface area contributed by atoms with Crippen molar-refractivity contribution >= 4 is 28.1 Å². The number of aliphatic hydroxyl groups is 1. The van der Waals surface area contributed by atoms with Crippen LogP contribution in [0.1, 0.15) is 27.0 Å². The molecule has 0 fully saturated rings. The molecule has 0 spiro atoms. The molecule has 1 unspecified atom stereocenters. The monoisotopic (exact) mass is 554 g/mol. The molecule has 0 aliphatic carbocycles. The van der Waals surface area contributed by atoms with E-state index in [1.54, 1.807) is 25.6 Å². The van der Waals surface area contributed by atoms with Gasteiger partial charge in [0.2, 0.25) is 0 Å². The molecule has 5 aromatic rings. The average Bonchev–Trinajstić information content (AvgIpc) is 3.60. The number of fused-ring (bicyclic) bond motifs is 4. The summed E-state index contributed by atoms with van der Waals surface area (Å²) in [5.74, 6) is 1.69. The van der Waals surface area contributed by atoms with Crippen LogP contribution in [0.15, 0.2) is 66.2 Å². The number of hydrogen-bond acceptors (Lipinski definition) is 6. The number of aromatic nitrogens is 1. The first-order valence-corrected chi connectivity index (χ1v) is 14.0. The third-order valence-corrected chi connectivity index (χ3v) is 8.50. The number of nitrogens with one attached hydrogen (secondary N) is 2. The summed E-state index contributed by atoms with van der Waals surface area (Å²) >= 11 is 1.59. The van der Waals surface area contributed by atoms with E-state index < -0.39 is 6.04 Å². The van der Waals surface area contributed by atoms with Crippen molar-refractivity contribution in [3.05, 3.63) is 88.4 Å². The standard InChI is InChI=1S/C32H30N2O5S/c1-18-8-9-40-31(18)25-14-28-24(23-13-30(38-3)29(37-2)11-20(23)17-39-28)12-26(25)32(36)34-21(16-35)10-19-15-33-27-7-5-4-6-22(19)27/h4-9,11-15,21,33,35H,10,16-17H2,1-3H3,(H,34,36). The van der Waals surface area contributed by atoms with E-state index in [9.17, 15) is 9.90 Å². The Hall–Kier alpha value is -4.27. The molecule has 204 valence electrons. The lowest BCUT2D eigenvalue weighted by Gasteiger charge is -2.25. The Morgan fingerprint density at radius 2 is 1.88 bits per heavy atom. The van der Waals surface area contributed by atoms with Gasteiger partial charge in [-0.2, -0.15) is 0 Å². The van der Waals surface area contributed by atoms with Crippen LogP contribution < -0.4 is 19.5 Å². The Labute approximate surface area is 236 Å². The number of para-hydroxylation sites is 1. The molecule has 40 heavy (non-hydrogen) atoms. The van der Waals surface area contributed by atoms with Crippen LogP contribution >= 0.6 is 11.3 Å². The normalized spacial score (nSPS) is 12.8. The summed E-state index contributed by atoms with van der Waals surface area (Å²) < 4.78 is 17.2. The van der Waals surface area contributed by atoms with Crippen molar-refractivity contribution in [3.63, 3.8) is 0 Å². The molecule has 0 radical (unpaired) electrons. The number of aliphatic hydroxyl groups excluding tert-OH is 1. The van der Waals surface area contributed by atoms with Crippen molar-refractivity contribution in [2.24, 2.45) is 0 Å². The maximum absolute atomic E-state index is 13.9. The smallest absolute Gasteiger partial charge is 0.252 e. The maximum Gasteiger partial charge on any atom is 0.252 e. The van der Waals surface area contributed by atoms with Crippen LogP contribution in [0.4, 0.5) is 0 Å². The number of benzene rings is 3. The molecule has 6 rings (SSSR count). The number of carbonyl (C=O) groups is 1. The van der Waals surface area contributed by atoms with E-state index in [1.165, 1.54) is 0 Å². The fourth-order valence-electron chi connectivity index (χ4n) is 5.37. The lowest BCUT2D eigenvalue weighted by atomic mass is 9.91. The molecule has 3 aromatic carbocycles. The Balaban J connectivity index is 1.40. The Kier molecular flexibility index (Phi) is 6.96. The number of rotatable bonds is 8. The molecule has 1 aliphatic rings. The summed E-state index contributed by atoms with van der Waals surface area (Å²) in [6.07, 6.45) is 2.43. The molecule has 0 saturated carbocycles. The van der Waals surface area contributed by atoms with E-state index in [2.05, 4.69) is 10.3 Å². The molecule has 3 heterocycles. The van der Waals surface area contributed by atoms with Crippen molar-refractivity contribution in [2.75, 3.05) is 20.8 Å². The van der Waals surface area contributed by atoms with E-state index in [0.29, 0.717) is 35.8 Å². The van der Waals surface area contributed by atoms with Crippen molar-refractivity contribution in [1.82, 2.24) is 10.3 Å². The highest BCUT2D eigenvalue weighted by atomic mass is 32.1. The number of carbonyl (C=O) groups excluding carboxylic acids is 1. The van der Waals surface area contributed by atoms with Gasteiger partial charge in [0.25, 0.3) is 5.91 Å². The average molecular weight is 555 g/mol. The summed E-state index contributed by atoms with van der Waals surface area (Å²) in [5, 5.41) is 16.4. The number of aryl methyl sites for hydroxylation is 1. The Morgan fingerprint density at radius 3 is 2.62 bits per heavy atom. The predicted molar refractivity (Wildman–Crippen MR) is 158 cm³/mol. The SMILES string of the molecule is COc1cc2c(cc1OC)-c1cc(C(=O)NC(CO)Cc3c[nH]c4ccccc34)c(-c3sccc3C)cc1OC2. The number of H-pyrrole nitrogens is 1. The second-order valence-electron chi connectivity index (χ2n) is 9.90. The van der Waals surface area contributed by atoms with Gasteiger partial charge in [0, 0.05) is 44.2 Å². The van der Waals surface area contributed by atoms with Crippen LogP contribution in [0.2, 0.25) is 0 Å². The van der Waals surface area contributed by atoms with E-state index in [1.807, 2.05) is 73.1 Å². The van der Waals surface area contributed by atoms with Crippen LogP contribution in [0, 0.1) is 6.92 Å². The third kappa shape index (κ3) is 4.59. The van der Waals surface area contributed by atoms with Crippen LogP contribution in [0.3, 0.4) is 0 Å². The van der Waals surface area contributed by atoms with Crippen LogP contribution in [-0.4, -0.2) is 42.9 Å². The lowest BCUT2D eigenvalue weighted by Crippen LogP contribution is -2.39. The summed E-state index contributed by atoms with van der Waals surface area (Å²) in [7, 11) is 3.21. The van der Waals surface area contributed by atoms with Gasteiger partial charge in [-0.15, -0.1) is 11.3 Å². The quantitative estimate of drug-likeness (QED) is 0.215. The molecule has 0 saturated heterocycles. The zero-order chi connectivity index (χ0) is 27.8. The summed E-state index contributed by atoms with van der Waals surface area (Å²) in [5.41, 5.74) is 7.16. The van der Waals surface area contributed by atoms with Gasteiger partial charge in [-0.3, -0.25) is 4.79 Å². The molecule has 8 heteroatoms. The number of amides is 1. The molecular weight excluding hydrogens is 524 g/mol. The fourth-order valence-corrected chi connectivity index (χ4v) is 6.33. The largest absolute Gasteiger partial charge is 0.493 e. The molecule has 1 atom stereocenters. The molecule has 2 aromatic heterocycles. The number of methoxy groups -OCH3 is 2. The molecule has 3 N–H and O–H groups in total. The van der Waals surface area contributed by atoms with Crippen molar-refractivity contribution in [1.29, 1.82) is 0 Å². The van der Waals surface area contributed by atoms with Gasteiger partial charge in [-0.25, -0.2) is 0 Å². The first-order chi connectivity index (χ1) is 19.5. The van der Waals surface area contributed by atoms with Crippen molar-refractivity contribution in [2.45, 2.75) is 26.0 Å². The van der Waals surface area contributed by atoms with Crippen LogP contribution in [-0.2, 0) is 13.0 Å². The van der Waals surface area contributed by atoms with Gasteiger partial charge in [-0.1, -0.05) is 18.2 Å². The number of thiophene rings is 1. The van der Waals surface area contributed by atoms with E-state index in [0.717, 1.165) is 49.2 Å². The highest BCUT2D eigenvalue weighted by Crippen LogP contribution is 2.46. The number of aromatic amines is 1. The topological polar surface area (TPSA) is 92.8 Å². The molecular formula is C32H30N2O5S. The highest BCUT2D eigenvalue weighted by Gasteiger charge is 2.27. The van der Waals surface area contributed by atoms with E-state index in [-0.39, 0.29) is 12.5 Å². The number of ether oxygens (including phenoxy) is 3. The third-order valence-electron chi connectivity index (χ3n) is 7.45. The Morgan fingerprint density at radius 1 is 1.07 bits per heavy atom. The second kappa shape index (κ2) is 10.7. The summed E-state index contributed by atoms with van der Waals surface area (Å²) in [6.45, 7) is 2.23. The highest BCUT2D eigenvalue weighted by molar-refractivity contribution is 7.13. The number of hydrogen-bond donors (Lipinski definition) is 3. The van der Waals surface area contributed by atoms with Gasteiger partial charge in [0.15, 0.2) is 11.5 Å². The molecule has 0 bridgehead atoms. The minimum atomic E-state index is -0.465. The lowest BCUT2D eigenvalue weighted by molar-refractivity contribution is 0.0917. The molecule has 1 aliphatic heterocycles.